The molecule has 7 heteroatoms. The minimum atomic E-state index is -0.460. The maximum atomic E-state index is 11.5. The van der Waals surface area contributed by atoms with E-state index in [0.717, 1.165) is 38.6 Å². The fourth-order valence-electron chi connectivity index (χ4n) is 1.93. The van der Waals surface area contributed by atoms with E-state index in [1.165, 1.54) is 12.8 Å². The Morgan fingerprint density at radius 3 is 2.25 bits per heavy atom. The Balaban J connectivity index is 3.71. The molecular formula is C17H37N5O2. The van der Waals surface area contributed by atoms with Gasteiger partial charge in [-0.25, -0.2) is 4.79 Å². The molecule has 0 aliphatic rings. The van der Waals surface area contributed by atoms with Gasteiger partial charge in [0.1, 0.15) is 5.60 Å². The lowest BCUT2D eigenvalue weighted by atomic mass is 10.2. The van der Waals surface area contributed by atoms with E-state index in [1.807, 2.05) is 20.8 Å². The summed E-state index contributed by atoms with van der Waals surface area (Å²) in [6, 6.07) is 0. The Morgan fingerprint density at radius 2 is 1.67 bits per heavy atom. The lowest BCUT2D eigenvalue weighted by molar-refractivity contribution is 0.0527. The van der Waals surface area contributed by atoms with Crippen molar-refractivity contribution < 1.29 is 9.53 Å². The van der Waals surface area contributed by atoms with E-state index in [9.17, 15) is 4.79 Å². The molecule has 24 heavy (non-hydrogen) atoms. The first-order valence-corrected chi connectivity index (χ1v) is 8.88. The maximum absolute atomic E-state index is 11.5. The number of hydrogen-bond acceptors (Lipinski definition) is 4. The van der Waals surface area contributed by atoms with Crippen LogP contribution in [0, 0.1) is 0 Å². The molecule has 0 aromatic rings. The van der Waals surface area contributed by atoms with Crippen LogP contribution in [0.25, 0.3) is 0 Å². The van der Waals surface area contributed by atoms with Crippen LogP contribution in [0.4, 0.5) is 4.79 Å². The highest BCUT2D eigenvalue weighted by molar-refractivity contribution is 5.79. The van der Waals surface area contributed by atoms with Crippen LogP contribution >= 0.6 is 0 Å². The topological polar surface area (TPSA) is 78.0 Å². The van der Waals surface area contributed by atoms with E-state index in [-0.39, 0.29) is 6.09 Å². The second-order valence-corrected chi connectivity index (χ2v) is 6.86. The second kappa shape index (κ2) is 12.9. The number of ether oxygens (including phenoxy) is 1. The molecule has 0 radical (unpaired) electrons. The van der Waals surface area contributed by atoms with Crippen LogP contribution in [0.5, 0.6) is 0 Å². The SMILES string of the molecule is CCCCN(C)CCNC(=NC)NCCCNC(=O)OC(C)(C)C. The highest BCUT2D eigenvalue weighted by atomic mass is 16.6. The van der Waals surface area contributed by atoms with Crippen LogP contribution in [0.1, 0.15) is 47.0 Å². The lowest BCUT2D eigenvalue weighted by Crippen LogP contribution is -2.42. The molecule has 0 bridgehead atoms. The molecule has 0 aromatic heterocycles. The normalized spacial score (nSPS) is 12.2. The number of rotatable bonds is 10. The second-order valence-electron chi connectivity index (χ2n) is 6.86. The molecule has 0 saturated heterocycles. The molecule has 0 aliphatic carbocycles. The lowest BCUT2D eigenvalue weighted by Gasteiger charge is -2.20. The smallest absolute Gasteiger partial charge is 0.407 e. The first-order chi connectivity index (χ1) is 11.3. The molecule has 0 aliphatic heterocycles. The summed E-state index contributed by atoms with van der Waals surface area (Å²) < 4.78 is 5.18. The largest absolute Gasteiger partial charge is 0.444 e. The van der Waals surface area contributed by atoms with Gasteiger partial charge in [-0.05, 0) is 47.2 Å². The van der Waals surface area contributed by atoms with Gasteiger partial charge in [0.15, 0.2) is 5.96 Å². The van der Waals surface area contributed by atoms with E-state index >= 15 is 0 Å². The monoisotopic (exact) mass is 343 g/mol. The molecule has 0 atom stereocenters. The molecule has 0 saturated carbocycles. The summed E-state index contributed by atoms with van der Waals surface area (Å²) in [5.74, 6) is 0.788. The average molecular weight is 344 g/mol. The quantitative estimate of drug-likeness (QED) is 0.320. The molecular weight excluding hydrogens is 306 g/mol. The third kappa shape index (κ3) is 14.1. The molecule has 0 spiro atoms. The minimum Gasteiger partial charge on any atom is -0.444 e. The Labute approximate surface area is 147 Å². The molecule has 0 heterocycles. The summed E-state index contributed by atoms with van der Waals surface area (Å²) in [6.07, 6.45) is 2.88. The Bertz CT molecular complexity index is 366. The molecule has 0 unspecified atom stereocenters. The van der Waals surface area contributed by atoms with Gasteiger partial charge in [-0.3, -0.25) is 4.99 Å². The van der Waals surface area contributed by atoms with E-state index in [2.05, 4.69) is 39.8 Å². The maximum Gasteiger partial charge on any atom is 0.407 e. The van der Waals surface area contributed by atoms with Crippen LogP contribution in [-0.2, 0) is 4.74 Å². The van der Waals surface area contributed by atoms with Gasteiger partial charge in [0.05, 0.1) is 0 Å². The molecule has 0 aromatic carbocycles. The number of carbonyl (C=O) groups is 1. The Kier molecular flexibility index (Phi) is 12.1. The van der Waals surface area contributed by atoms with E-state index in [4.69, 9.17) is 4.74 Å². The van der Waals surface area contributed by atoms with Gasteiger partial charge >= 0.3 is 6.09 Å². The first-order valence-electron chi connectivity index (χ1n) is 8.88. The zero-order valence-corrected chi connectivity index (χ0v) is 16.4. The Morgan fingerprint density at radius 1 is 1.04 bits per heavy atom. The van der Waals surface area contributed by atoms with E-state index in [0.29, 0.717) is 6.54 Å². The molecule has 3 N–H and O–H groups in total. The number of guanidine groups is 1. The van der Waals surface area contributed by atoms with Crippen molar-refractivity contribution in [3.05, 3.63) is 0 Å². The van der Waals surface area contributed by atoms with Crippen molar-refractivity contribution in [2.45, 2.75) is 52.6 Å². The van der Waals surface area contributed by atoms with Crippen LogP contribution < -0.4 is 16.0 Å². The van der Waals surface area contributed by atoms with Gasteiger partial charge < -0.3 is 25.6 Å². The third-order valence-electron chi connectivity index (χ3n) is 3.22. The summed E-state index contributed by atoms with van der Waals surface area (Å²) >= 11 is 0. The number of unbranched alkanes of at least 4 members (excludes halogenated alkanes) is 1. The Hall–Kier alpha value is -1.50. The average Bonchev–Trinajstić information content (AvgIpc) is 2.49. The summed E-state index contributed by atoms with van der Waals surface area (Å²) in [6.45, 7) is 12.0. The van der Waals surface area contributed by atoms with Gasteiger partial charge in [0.2, 0.25) is 0 Å². The van der Waals surface area contributed by atoms with Crippen LogP contribution in [0.3, 0.4) is 0 Å². The number of hydrogen-bond donors (Lipinski definition) is 3. The zero-order valence-electron chi connectivity index (χ0n) is 16.4. The number of amides is 1. The van der Waals surface area contributed by atoms with Gasteiger partial charge in [0, 0.05) is 33.2 Å². The number of nitrogens with zero attached hydrogens (tertiary/aromatic N) is 2. The van der Waals surface area contributed by atoms with Gasteiger partial charge in [-0.2, -0.15) is 0 Å². The number of likely N-dealkylation sites (N-methyl/N-ethyl adjacent to an activating group) is 1. The van der Waals surface area contributed by atoms with Crippen LogP contribution in [0.2, 0.25) is 0 Å². The summed E-state index contributed by atoms with van der Waals surface area (Å²) in [5, 5.41) is 9.27. The van der Waals surface area contributed by atoms with Gasteiger partial charge in [-0.15, -0.1) is 0 Å². The van der Waals surface area contributed by atoms with Crippen molar-refractivity contribution in [1.29, 1.82) is 0 Å². The van der Waals surface area contributed by atoms with E-state index in [1.54, 1.807) is 7.05 Å². The van der Waals surface area contributed by atoms with Crippen LogP contribution in [-0.4, -0.2) is 69.4 Å². The predicted octanol–water partition coefficient (Wildman–Crippen LogP) is 1.80. The summed E-state index contributed by atoms with van der Waals surface area (Å²) in [4.78, 5) is 18.0. The van der Waals surface area contributed by atoms with Crippen molar-refractivity contribution in [2.24, 2.45) is 4.99 Å². The molecule has 142 valence electrons. The third-order valence-corrected chi connectivity index (χ3v) is 3.22. The van der Waals surface area contributed by atoms with Crippen molar-refractivity contribution in [1.82, 2.24) is 20.9 Å². The zero-order chi connectivity index (χ0) is 18.4. The highest BCUT2D eigenvalue weighted by Crippen LogP contribution is 2.06. The highest BCUT2D eigenvalue weighted by Gasteiger charge is 2.15. The summed E-state index contributed by atoms with van der Waals surface area (Å²) in [7, 11) is 3.89. The van der Waals surface area contributed by atoms with Gasteiger partial charge in [0.25, 0.3) is 0 Å². The number of aliphatic imine (C=N–C) groups is 1. The van der Waals surface area contributed by atoms with Gasteiger partial charge in [-0.1, -0.05) is 13.3 Å². The molecule has 7 nitrogen and oxygen atoms in total. The van der Waals surface area contributed by atoms with Crippen molar-refractivity contribution in [3.63, 3.8) is 0 Å². The molecule has 1 amide bonds. The minimum absolute atomic E-state index is 0.375. The summed E-state index contributed by atoms with van der Waals surface area (Å²) in [5.41, 5.74) is -0.460. The standard InChI is InChI=1S/C17H37N5O2/c1-7-8-13-22(6)14-12-20-15(18-5)19-10-9-11-21-16(23)24-17(2,3)4/h7-14H2,1-6H3,(H,21,23)(H2,18,19,20). The fraction of sp³-hybridized carbons (Fsp3) is 0.882. The first kappa shape index (κ1) is 22.5. The number of alkyl carbamates (subject to hydrolysis) is 1. The van der Waals surface area contributed by atoms with Crippen LogP contribution in [0.15, 0.2) is 4.99 Å². The number of nitrogens with one attached hydrogen (secondary N) is 3. The predicted molar refractivity (Wildman–Crippen MR) is 101 cm³/mol. The molecule has 0 fully saturated rings. The number of carbonyl (C=O) groups excluding carboxylic acids is 1. The fourth-order valence-corrected chi connectivity index (χ4v) is 1.93. The van der Waals surface area contributed by atoms with Crippen molar-refractivity contribution >= 4 is 12.1 Å². The van der Waals surface area contributed by atoms with Crippen molar-refractivity contribution in [2.75, 3.05) is 46.8 Å². The van der Waals surface area contributed by atoms with Crippen molar-refractivity contribution in [3.8, 4) is 0 Å². The van der Waals surface area contributed by atoms with E-state index < -0.39 is 5.60 Å². The molecule has 0 rings (SSSR count).